The molecule has 0 saturated heterocycles. The number of ether oxygens (including phenoxy) is 1. The minimum atomic E-state index is -4.44. The normalized spacial score (nSPS) is 12.9. The summed E-state index contributed by atoms with van der Waals surface area (Å²) in [7, 11) is 1.14. The number of rotatable bonds is 2. The van der Waals surface area contributed by atoms with Gasteiger partial charge in [0.1, 0.15) is 5.76 Å². The molecule has 1 aromatic rings. The molecule has 0 saturated carbocycles. The number of aliphatic hydroxyl groups excluding tert-OH is 1. The molecule has 0 aliphatic rings. The topological polar surface area (TPSA) is 46.5 Å². The Morgan fingerprint density at radius 2 is 1.72 bits per heavy atom. The standard InChI is InChI=1S/C12H11F3O3/c1-7(11(17)18-2)10(16)8-3-5-9(6-4-8)12(13,14)15/h3-6,16H,1-2H3/b10-7+. The van der Waals surface area contributed by atoms with Crippen molar-refractivity contribution in [2.24, 2.45) is 0 Å². The predicted octanol–water partition coefficient (Wildman–Crippen LogP) is 3.17. The third kappa shape index (κ3) is 3.03. The lowest BCUT2D eigenvalue weighted by Gasteiger charge is -2.08. The van der Waals surface area contributed by atoms with Gasteiger partial charge in [0.2, 0.25) is 0 Å². The summed E-state index contributed by atoms with van der Waals surface area (Å²) >= 11 is 0. The number of carbonyl (C=O) groups excluding carboxylic acids is 1. The molecule has 0 radical (unpaired) electrons. The van der Waals surface area contributed by atoms with Gasteiger partial charge in [-0.3, -0.25) is 0 Å². The number of carbonyl (C=O) groups is 1. The molecule has 1 rings (SSSR count). The van der Waals surface area contributed by atoms with Crippen LogP contribution in [0.2, 0.25) is 0 Å². The molecule has 3 nitrogen and oxygen atoms in total. The number of hydrogen-bond donors (Lipinski definition) is 1. The number of aliphatic hydroxyl groups is 1. The van der Waals surface area contributed by atoms with E-state index in [9.17, 15) is 23.1 Å². The van der Waals surface area contributed by atoms with Crippen LogP contribution >= 0.6 is 0 Å². The van der Waals surface area contributed by atoms with E-state index in [2.05, 4.69) is 4.74 Å². The molecule has 0 atom stereocenters. The molecular weight excluding hydrogens is 249 g/mol. The van der Waals surface area contributed by atoms with Crippen molar-refractivity contribution < 1.29 is 27.8 Å². The molecule has 1 N–H and O–H groups in total. The fourth-order valence-electron chi connectivity index (χ4n) is 1.28. The van der Waals surface area contributed by atoms with Gasteiger partial charge in [-0.15, -0.1) is 0 Å². The van der Waals surface area contributed by atoms with Crippen LogP contribution in [0.25, 0.3) is 5.76 Å². The molecule has 0 unspecified atom stereocenters. The summed E-state index contributed by atoms with van der Waals surface area (Å²) in [6, 6.07) is 3.83. The molecule has 1 aromatic carbocycles. The molecule has 0 aromatic heterocycles. The van der Waals surface area contributed by atoms with Crippen LogP contribution in [-0.4, -0.2) is 18.2 Å². The van der Waals surface area contributed by atoms with Crippen LogP contribution in [0, 0.1) is 0 Å². The Hall–Kier alpha value is -1.98. The summed E-state index contributed by atoms with van der Waals surface area (Å²) in [5.41, 5.74) is -0.780. The second-order valence-corrected chi connectivity index (χ2v) is 3.54. The van der Waals surface area contributed by atoms with E-state index in [0.717, 1.165) is 31.4 Å². The van der Waals surface area contributed by atoms with Crippen LogP contribution < -0.4 is 0 Å². The highest BCUT2D eigenvalue weighted by molar-refractivity contribution is 5.95. The van der Waals surface area contributed by atoms with E-state index >= 15 is 0 Å². The van der Waals surface area contributed by atoms with Crippen molar-refractivity contribution in [3.63, 3.8) is 0 Å². The Kier molecular flexibility index (Phi) is 4.00. The third-order valence-electron chi connectivity index (χ3n) is 2.33. The number of esters is 1. The first-order valence-electron chi connectivity index (χ1n) is 4.93. The lowest BCUT2D eigenvalue weighted by Crippen LogP contribution is -2.06. The quantitative estimate of drug-likeness (QED) is 0.504. The zero-order chi connectivity index (χ0) is 13.9. The zero-order valence-electron chi connectivity index (χ0n) is 9.71. The molecule has 0 aliphatic heterocycles. The van der Waals surface area contributed by atoms with Gasteiger partial charge in [0.25, 0.3) is 0 Å². The first-order chi connectivity index (χ1) is 8.27. The Balaban J connectivity index is 3.10. The second-order valence-electron chi connectivity index (χ2n) is 3.54. The van der Waals surface area contributed by atoms with Crippen molar-refractivity contribution in [3.8, 4) is 0 Å². The van der Waals surface area contributed by atoms with Gasteiger partial charge in [-0.2, -0.15) is 13.2 Å². The average Bonchev–Trinajstić information content (AvgIpc) is 2.35. The molecule has 0 amide bonds. The molecule has 0 bridgehead atoms. The fourth-order valence-corrected chi connectivity index (χ4v) is 1.28. The van der Waals surface area contributed by atoms with Gasteiger partial charge in [-0.1, -0.05) is 12.1 Å². The fraction of sp³-hybridized carbons (Fsp3) is 0.250. The van der Waals surface area contributed by atoms with Gasteiger partial charge < -0.3 is 9.84 Å². The summed E-state index contributed by atoms with van der Waals surface area (Å²) in [4.78, 5) is 11.1. The van der Waals surface area contributed by atoms with Crippen LogP contribution in [0.4, 0.5) is 13.2 Å². The molecule has 0 aliphatic carbocycles. The number of benzene rings is 1. The van der Waals surface area contributed by atoms with Crippen LogP contribution in [-0.2, 0) is 15.7 Å². The number of methoxy groups -OCH3 is 1. The molecule has 18 heavy (non-hydrogen) atoms. The molecule has 98 valence electrons. The van der Waals surface area contributed by atoms with Gasteiger partial charge in [0, 0.05) is 5.56 Å². The largest absolute Gasteiger partial charge is 0.507 e. The SMILES string of the molecule is COC(=O)/C(C)=C(/O)c1ccc(C(F)(F)F)cc1. The molecular formula is C12H11F3O3. The van der Waals surface area contributed by atoms with Crippen molar-refractivity contribution in [2.75, 3.05) is 7.11 Å². The smallest absolute Gasteiger partial charge is 0.416 e. The van der Waals surface area contributed by atoms with Gasteiger partial charge in [-0.25, -0.2) is 4.79 Å². The molecule has 0 heterocycles. The zero-order valence-corrected chi connectivity index (χ0v) is 9.71. The van der Waals surface area contributed by atoms with Gasteiger partial charge in [0.05, 0.1) is 18.2 Å². The van der Waals surface area contributed by atoms with E-state index < -0.39 is 23.5 Å². The second kappa shape index (κ2) is 5.12. The summed E-state index contributed by atoms with van der Waals surface area (Å²) in [5.74, 6) is -1.15. The highest BCUT2D eigenvalue weighted by atomic mass is 19.4. The van der Waals surface area contributed by atoms with Crippen LogP contribution in [0.15, 0.2) is 29.8 Å². The minimum Gasteiger partial charge on any atom is -0.507 e. The number of alkyl halides is 3. The third-order valence-corrected chi connectivity index (χ3v) is 2.33. The minimum absolute atomic E-state index is 0.0720. The maximum atomic E-state index is 12.3. The van der Waals surface area contributed by atoms with E-state index in [1.54, 1.807) is 0 Å². The summed E-state index contributed by atoms with van der Waals surface area (Å²) in [6.07, 6.45) is -4.44. The van der Waals surface area contributed by atoms with Gasteiger partial charge in [-0.05, 0) is 19.1 Å². The predicted molar refractivity (Wildman–Crippen MR) is 58.7 cm³/mol. The number of hydrogen-bond acceptors (Lipinski definition) is 3. The van der Waals surface area contributed by atoms with Crippen LogP contribution in [0.1, 0.15) is 18.1 Å². The van der Waals surface area contributed by atoms with Crippen LogP contribution in [0.5, 0.6) is 0 Å². The molecule has 6 heteroatoms. The van der Waals surface area contributed by atoms with Crippen molar-refractivity contribution >= 4 is 11.7 Å². The highest BCUT2D eigenvalue weighted by Crippen LogP contribution is 2.30. The molecule has 0 spiro atoms. The highest BCUT2D eigenvalue weighted by Gasteiger charge is 2.30. The Bertz CT molecular complexity index is 472. The number of halogens is 3. The first kappa shape index (κ1) is 14.1. The maximum Gasteiger partial charge on any atom is 0.416 e. The summed E-state index contributed by atoms with van der Waals surface area (Å²) in [5, 5.41) is 9.68. The van der Waals surface area contributed by atoms with E-state index in [1.807, 2.05) is 0 Å². The first-order valence-corrected chi connectivity index (χ1v) is 4.93. The van der Waals surface area contributed by atoms with Crippen molar-refractivity contribution in [1.29, 1.82) is 0 Å². The maximum absolute atomic E-state index is 12.3. The van der Waals surface area contributed by atoms with Crippen molar-refractivity contribution in [2.45, 2.75) is 13.1 Å². The van der Waals surface area contributed by atoms with Gasteiger partial charge in [0.15, 0.2) is 0 Å². The van der Waals surface area contributed by atoms with Crippen molar-refractivity contribution in [3.05, 3.63) is 41.0 Å². The average molecular weight is 260 g/mol. The monoisotopic (exact) mass is 260 g/mol. The van der Waals surface area contributed by atoms with E-state index in [0.29, 0.717) is 0 Å². The van der Waals surface area contributed by atoms with E-state index in [-0.39, 0.29) is 11.1 Å². The van der Waals surface area contributed by atoms with E-state index in [4.69, 9.17) is 0 Å². The van der Waals surface area contributed by atoms with Crippen LogP contribution in [0.3, 0.4) is 0 Å². The molecule has 0 fully saturated rings. The Labute approximate surface area is 101 Å². The van der Waals surface area contributed by atoms with Gasteiger partial charge >= 0.3 is 12.1 Å². The Morgan fingerprint density at radius 3 is 2.11 bits per heavy atom. The summed E-state index contributed by atoms with van der Waals surface area (Å²) < 4.78 is 41.3. The van der Waals surface area contributed by atoms with Crippen molar-refractivity contribution in [1.82, 2.24) is 0 Å². The summed E-state index contributed by atoms with van der Waals surface area (Å²) in [6.45, 7) is 1.32. The lowest BCUT2D eigenvalue weighted by molar-refractivity contribution is -0.138. The lowest BCUT2D eigenvalue weighted by atomic mass is 10.1. The van der Waals surface area contributed by atoms with E-state index in [1.165, 1.54) is 6.92 Å². The Morgan fingerprint density at radius 1 is 1.22 bits per heavy atom.